The van der Waals surface area contributed by atoms with Gasteiger partial charge in [0.2, 0.25) is 5.91 Å². The molecule has 0 aliphatic heterocycles. The van der Waals surface area contributed by atoms with E-state index in [4.69, 9.17) is 5.73 Å². The summed E-state index contributed by atoms with van der Waals surface area (Å²) in [6.07, 6.45) is 3.53. The first-order valence-corrected chi connectivity index (χ1v) is 7.53. The van der Waals surface area contributed by atoms with E-state index in [1.54, 1.807) is 24.5 Å². The molecule has 1 atom stereocenters. The van der Waals surface area contributed by atoms with Gasteiger partial charge >= 0.3 is 0 Å². The number of benzene rings is 2. The Morgan fingerprint density at radius 3 is 2.42 bits per heavy atom. The van der Waals surface area contributed by atoms with Gasteiger partial charge in [-0.1, -0.05) is 24.3 Å². The maximum atomic E-state index is 13.0. The van der Waals surface area contributed by atoms with Crippen LogP contribution in [0.15, 0.2) is 60.9 Å². The van der Waals surface area contributed by atoms with Crippen LogP contribution in [0.3, 0.4) is 0 Å². The number of anilines is 1. The van der Waals surface area contributed by atoms with E-state index < -0.39 is 5.92 Å². The molecule has 4 N–H and O–H groups in total. The molecule has 0 spiro atoms. The number of H-pyrrole nitrogens is 1. The number of aromatic amines is 1. The van der Waals surface area contributed by atoms with Crippen molar-refractivity contribution in [1.29, 1.82) is 0 Å². The van der Waals surface area contributed by atoms with Crippen molar-refractivity contribution in [3.63, 3.8) is 0 Å². The van der Waals surface area contributed by atoms with Crippen LogP contribution in [-0.2, 0) is 4.79 Å². The van der Waals surface area contributed by atoms with E-state index in [-0.39, 0.29) is 18.3 Å². The first-order chi connectivity index (χ1) is 11.7. The molecule has 0 saturated heterocycles. The number of nitrogens with two attached hydrogens (primary N) is 1. The summed E-state index contributed by atoms with van der Waals surface area (Å²) in [6.45, 7) is 0.143. The van der Waals surface area contributed by atoms with E-state index in [9.17, 15) is 9.18 Å². The number of nitrogens with zero attached hydrogens (tertiary/aromatic N) is 1. The monoisotopic (exact) mass is 324 g/mol. The Morgan fingerprint density at radius 2 is 1.83 bits per heavy atom. The third-order valence-corrected chi connectivity index (χ3v) is 3.81. The average molecular weight is 324 g/mol. The molecule has 24 heavy (non-hydrogen) atoms. The minimum Gasteiger partial charge on any atom is -0.329 e. The molecule has 0 aliphatic carbocycles. The highest BCUT2D eigenvalue weighted by Crippen LogP contribution is 2.22. The van der Waals surface area contributed by atoms with Gasteiger partial charge in [0.15, 0.2) is 0 Å². The molecule has 1 heterocycles. The van der Waals surface area contributed by atoms with Crippen LogP contribution in [0.1, 0.15) is 11.5 Å². The lowest BCUT2D eigenvalue weighted by Gasteiger charge is -2.15. The van der Waals surface area contributed by atoms with E-state index in [0.717, 1.165) is 11.1 Å². The topological polar surface area (TPSA) is 83.8 Å². The molecule has 2 aromatic carbocycles. The quantitative estimate of drug-likeness (QED) is 0.675. The third-order valence-electron chi connectivity index (χ3n) is 3.81. The standard InChI is InChI=1S/C18H17FN4O/c19-15-5-1-13(2-6-15)17(9-20)18(24)23-16-7-3-12(4-8-16)14-10-21-22-11-14/h1-8,10-11,17H,9,20H2,(H,21,22)(H,23,24). The van der Waals surface area contributed by atoms with Crippen LogP contribution < -0.4 is 11.1 Å². The smallest absolute Gasteiger partial charge is 0.233 e. The molecule has 0 aliphatic rings. The van der Waals surface area contributed by atoms with Gasteiger partial charge < -0.3 is 11.1 Å². The van der Waals surface area contributed by atoms with Crippen LogP contribution in [0.25, 0.3) is 11.1 Å². The Kier molecular flexibility index (Phi) is 4.67. The molecule has 122 valence electrons. The van der Waals surface area contributed by atoms with Crippen molar-refractivity contribution < 1.29 is 9.18 Å². The fourth-order valence-corrected chi connectivity index (χ4v) is 2.47. The largest absolute Gasteiger partial charge is 0.329 e. The second-order valence-corrected chi connectivity index (χ2v) is 5.39. The van der Waals surface area contributed by atoms with Crippen molar-refractivity contribution >= 4 is 11.6 Å². The number of carbonyl (C=O) groups is 1. The fourth-order valence-electron chi connectivity index (χ4n) is 2.47. The predicted octanol–water partition coefficient (Wildman–Crippen LogP) is 2.90. The van der Waals surface area contributed by atoms with Crippen molar-refractivity contribution in [1.82, 2.24) is 10.2 Å². The first-order valence-electron chi connectivity index (χ1n) is 7.53. The summed E-state index contributed by atoms with van der Waals surface area (Å²) in [5.41, 5.74) is 9.05. The normalized spacial score (nSPS) is 11.9. The molecule has 5 nitrogen and oxygen atoms in total. The van der Waals surface area contributed by atoms with Gasteiger partial charge in [-0.25, -0.2) is 4.39 Å². The Bertz CT molecular complexity index is 798. The number of amides is 1. The van der Waals surface area contributed by atoms with Crippen molar-refractivity contribution in [2.45, 2.75) is 5.92 Å². The highest BCUT2D eigenvalue weighted by Gasteiger charge is 2.19. The van der Waals surface area contributed by atoms with Crippen molar-refractivity contribution in [2.75, 3.05) is 11.9 Å². The molecule has 0 fully saturated rings. The van der Waals surface area contributed by atoms with Crippen LogP contribution >= 0.6 is 0 Å². The van der Waals surface area contributed by atoms with Crippen LogP contribution in [0.4, 0.5) is 10.1 Å². The van der Waals surface area contributed by atoms with Gasteiger partial charge in [0, 0.05) is 24.0 Å². The summed E-state index contributed by atoms with van der Waals surface area (Å²) in [5, 5.41) is 9.51. The van der Waals surface area contributed by atoms with Gasteiger partial charge in [-0.15, -0.1) is 0 Å². The number of rotatable bonds is 5. The molecule has 3 rings (SSSR count). The minimum atomic E-state index is -0.529. The summed E-state index contributed by atoms with van der Waals surface area (Å²) in [4.78, 5) is 12.4. The SMILES string of the molecule is NCC(C(=O)Nc1ccc(-c2cn[nH]c2)cc1)c1ccc(F)cc1. The zero-order valence-electron chi connectivity index (χ0n) is 12.9. The molecule has 0 bridgehead atoms. The highest BCUT2D eigenvalue weighted by atomic mass is 19.1. The Labute approximate surface area is 138 Å². The summed E-state index contributed by atoms with van der Waals surface area (Å²) in [7, 11) is 0. The van der Waals surface area contributed by atoms with Crippen LogP contribution in [0.5, 0.6) is 0 Å². The van der Waals surface area contributed by atoms with E-state index in [1.807, 2.05) is 24.3 Å². The van der Waals surface area contributed by atoms with Gasteiger partial charge in [-0.05, 0) is 35.4 Å². The number of aromatic nitrogens is 2. The molecule has 0 radical (unpaired) electrons. The molecular formula is C18H17FN4O. The average Bonchev–Trinajstić information content (AvgIpc) is 3.12. The lowest BCUT2D eigenvalue weighted by Crippen LogP contribution is -2.27. The van der Waals surface area contributed by atoms with Gasteiger partial charge in [0.05, 0.1) is 12.1 Å². The predicted molar refractivity (Wildman–Crippen MR) is 90.8 cm³/mol. The van der Waals surface area contributed by atoms with Gasteiger partial charge in [0.1, 0.15) is 5.82 Å². The molecule has 6 heteroatoms. The summed E-state index contributed by atoms with van der Waals surface area (Å²) in [6, 6.07) is 13.2. The van der Waals surface area contributed by atoms with Gasteiger partial charge in [-0.3, -0.25) is 9.89 Å². The maximum Gasteiger partial charge on any atom is 0.233 e. The first kappa shape index (κ1) is 15.9. The summed E-state index contributed by atoms with van der Waals surface area (Å²) in [5.74, 6) is -1.09. The fraction of sp³-hybridized carbons (Fsp3) is 0.111. The Balaban J connectivity index is 1.72. The molecule has 1 unspecified atom stereocenters. The van der Waals surface area contributed by atoms with E-state index in [2.05, 4.69) is 15.5 Å². The second-order valence-electron chi connectivity index (χ2n) is 5.39. The number of halogens is 1. The van der Waals surface area contributed by atoms with E-state index >= 15 is 0 Å². The van der Waals surface area contributed by atoms with E-state index in [0.29, 0.717) is 11.3 Å². The molecule has 1 amide bonds. The number of hydrogen-bond donors (Lipinski definition) is 3. The summed E-state index contributed by atoms with van der Waals surface area (Å²) < 4.78 is 13.0. The molecular weight excluding hydrogens is 307 g/mol. The zero-order valence-corrected chi connectivity index (χ0v) is 12.9. The number of carbonyl (C=O) groups excluding carboxylic acids is 1. The number of hydrogen-bond acceptors (Lipinski definition) is 3. The van der Waals surface area contributed by atoms with Crippen LogP contribution in [0, 0.1) is 5.82 Å². The zero-order chi connectivity index (χ0) is 16.9. The molecule has 3 aromatic rings. The Morgan fingerprint density at radius 1 is 1.12 bits per heavy atom. The molecule has 1 aromatic heterocycles. The van der Waals surface area contributed by atoms with E-state index in [1.165, 1.54) is 12.1 Å². The Hall–Kier alpha value is -2.99. The lowest BCUT2D eigenvalue weighted by molar-refractivity contribution is -0.117. The molecule has 0 saturated carbocycles. The minimum absolute atomic E-state index is 0.143. The number of nitrogens with one attached hydrogen (secondary N) is 2. The van der Waals surface area contributed by atoms with Crippen molar-refractivity contribution in [2.24, 2.45) is 5.73 Å². The van der Waals surface area contributed by atoms with Crippen molar-refractivity contribution in [3.8, 4) is 11.1 Å². The third kappa shape index (κ3) is 3.49. The van der Waals surface area contributed by atoms with Crippen LogP contribution in [0.2, 0.25) is 0 Å². The van der Waals surface area contributed by atoms with Gasteiger partial charge in [0.25, 0.3) is 0 Å². The lowest BCUT2D eigenvalue weighted by atomic mass is 9.98. The van der Waals surface area contributed by atoms with Crippen molar-refractivity contribution in [3.05, 3.63) is 72.3 Å². The van der Waals surface area contributed by atoms with Gasteiger partial charge in [-0.2, -0.15) is 5.10 Å². The maximum absolute atomic E-state index is 13.0. The summed E-state index contributed by atoms with van der Waals surface area (Å²) >= 11 is 0. The highest BCUT2D eigenvalue weighted by molar-refractivity contribution is 5.96. The van der Waals surface area contributed by atoms with Crippen LogP contribution in [-0.4, -0.2) is 22.6 Å². The second kappa shape index (κ2) is 7.06.